The van der Waals surface area contributed by atoms with Gasteiger partial charge in [0.1, 0.15) is 6.04 Å². The number of hydrogen-bond acceptors (Lipinski definition) is 3. The quantitative estimate of drug-likeness (QED) is 0.798. The first-order valence-electron chi connectivity index (χ1n) is 7.45. The Morgan fingerprint density at radius 1 is 1.19 bits per heavy atom. The summed E-state index contributed by atoms with van der Waals surface area (Å²) in [5, 5.41) is 2.66. The Bertz CT molecular complexity index is 514. The fourth-order valence-electron chi connectivity index (χ4n) is 2.56. The molecule has 5 heteroatoms. The maximum Gasteiger partial charge on any atom is 0.247 e. The molecule has 2 aliphatic rings. The van der Waals surface area contributed by atoms with Crippen molar-refractivity contribution >= 4 is 11.8 Å². The van der Waals surface area contributed by atoms with Gasteiger partial charge in [0.05, 0.1) is 13.2 Å². The highest BCUT2D eigenvalue weighted by molar-refractivity contribution is 5.95. The van der Waals surface area contributed by atoms with Crippen LogP contribution < -0.4 is 5.32 Å². The summed E-state index contributed by atoms with van der Waals surface area (Å²) < 4.78 is 5.60. The number of nitrogens with zero attached hydrogens (tertiary/aromatic N) is 1. The summed E-state index contributed by atoms with van der Waals surface area (Å²) in [5.41, 5.74) is 0.838. The van der Waals surface area contributed by atoms with Crippen LogP contribution in [0.15, 0.2) is 30.3 Å². The van der Waals surface area contributed by atoms with Gasteiger partial charge in [-0.15, -0.1) is 0 Å². The molecule has 0 bridgehead atoms. The van der Waals surface area contributed by atoms with Gasteiger partial charge in [-0.1, -0.05) is 30.3 Å². The molecule has 1 aliphatic heterocycles. The summed E-state index contributed by atoms with van der Waals surface area (Å²) in [6.45, 7) is 1.78. The molecule has 1 saturated carbocycles. The van der Waals surface area contributed by atoms with Crippen molar-refractivity contribution < 1.29 is 14.3 Å². The summed E-state index contributed by atoms with van der Waals surface area (Å²) in [4.78, 5) is 25.9. The lowest BCUT2D eigenvalue weighted by Crippen LogP contribution is -2.54. The molecule has 1 aromatic carbocycles. The number of benzene rings is 1. The van der Waals surface area contributed by atoms with Crippen LogP contribution in [0.1, 0.15) is 24.4 Å². The molecule has 1 heterocycles. The van der Waals surface area contributed by atoms with Gasteiger partial charge in [-0.25, -0.2) is 0 Å². The topological polar surface area (TPSA) is 58.6 Å². The predicted molar refractivity (Wildman–Crippen MR) is 77.4 cm³/mol. The van der Waals surface area contributed by atoms with Crippen LogP contribution in [0, 0.1) is 5.92 Å². The van der Waals surface area contributed by atoms with Gasteiger partial charge in [0.25, 0.3) is 0 Å². The predicted octanol–water partition coefficient (Wildman–Crippen LogP) is 1.11. The van der Waals surface area contributed by atoms with Crippen molar-refractivity contribution in [2.75, 3.05) is 26.3 Å². The molecule has 21 heavy (non-hydrogen) atoms. The van der Waals surface area contributed by atoms with Gasteiger partial charge in [0, 0.05) is 13.2 Å². The molecule has 0 spiro atoms. The third-order valence-corrected chi connectivity index (χ3v) is 3.94. The van der Waals surface area contributed by atoms with E-state index in [0.717, 1.165) is 12.2 Å². The van der Waals surface area contributed by atoms with Gasteiger partial charge >= 0.3 is 0 Å². The minimum absolute atomic E-state index is 0.0570. The second-order valence-electron chi connectivity index (χ2n) is 5.64. The second kappa shape index (κ2) is 6.26. The third-order valence-electron chi connectivity index (χ3n) is 3.94. The standard InChI is InChI=1S/C16H20N2O3/c19-14-10-17-16(20)15(13-4-2-1-3-5-13)18(14)8-9-21-11-12-6-7-12/h1-5,12,15H,6-11H2,(H,17,20). The average Bonchev–Trinajstić information content (AvgIpc) is 3.32. The Hall–Kier alpha value is -1.88. The number of rotatable bonds is 6. The number of hydrogen-bond donors (Lipinski definition) is 1. The van der Waals surface area contributed by atoms with E-state index in [1.165, 1.54) is 12.8 Å². The van der Waals surface area contributed by atoms with Crippen LogP contribution in [0.4, 0.5) is 0 Å². The van der Waals surface area contributed by atoms with Crippen molar-refractivity contribution in [2.45, 2.75) is 18.9 Å². The Morgan fingerprint density at radius 3 is 2.67 bits per heavy atom. The van der Waals surface area contributed by atoms with E-state index in [0.29, 0.717) is 19.1 Å². The molecule has 1 N–H and O–H groups in total. The Balaban J connectivity index is 1.66. The maximum absolute atomic E-state index is 12.2. The van der Waals surface area contributed by atoms with Gasteiger partial charge in [0.2, 0.25) is 11.8 Å². The number of carbonyl (C=O) groups excluding carboxylic acids is 2. The number of ether oxygens (including phenoxy) is 1. The molecular weight excluding hydrogens is 268 g/mol. The maximum atomic E-state index is 12.2. The smallest absolute Gasteiger partial charge is 0.247 e. The SMILES string of the molecule is O=C1NCC(=O)N(CCOCC2CC2)C1c1ccccc1. The minimum atomic E-state index is -0.544. The first kappa shape index (κ1) is 14.1. The minimum Gasteiger partial charge on any atom is -0.379 e. The summed E-state index contributed by atoms with van der Waals surface area (Å²) in [6.07, 6.45) is 2.50. The molecular formula is C16H20N2O3. The van der Waals surface area contributed by atoms with Gasteiger partial charge < -0.3 is 15.0 Å². The molecule has 112 valence electrons. The van der Waals surface area contributed by atoms with Crippen molar-refractivity contribution in [3.8, 4) is 0 Å². The normalized spacial score (nSPS) is 22.3. The van der Waals surface area contributed by atoms with E-state index in [4.69, 9.17) is 4.74 Å². The molecule has 1 aromatic rings. The van der Waals surface area contributed by atoms with E-state index in [-0.39, 0.29) is 18.4 Å². The fraction of sp³-hybridized carbons (Fsp3) is 0.500. The van der Waals surface area contributed by atoms with E-state index < -0.39 is 6.04 Å². The lowest BCUT2D eigenvalue weighted by atomic mass is 10.0. The highest BCUT2D eigenvalue weighted by atomic mass is 16.5. The first-order valence-corrected chi connectivity index (χ1v) is 7.45. The third kappa shape index (κ3) is 3.42. The van der Waals surface area contributed by atoms with Crippen LogP contribution in [-0.4, -0.2) is 43.0 Å². The molecule has 1 unspecified atom stereocenters. The van der Waals surface area contributed by atoms with Gasteiger partial charge in [-0.3, -0.25) is 9.59 Å². The average molecular weight is 288 g/mol. The Labute approximate surface area is 124 Å². The van der Waals surface area contributed by atoms with Crippen molar-refractivity contribution in [3.05, 3.63) is 35.9 Å². The van der Waals surface area contributed by atoms with Gasteiger partial charge in [0.15, 0.2) is 0 Å². The molecule has 3 rings (SSSR count). The molecule has 2 amide bonds. The zero-order valence-electron chi connectivity index (χ0n) is 12.0. The summed E-state index contributed by atoms with van der Waals surface area (Å²) in [5.74, 6) is 0.525. The molecule has 1 saturated heterocycles. The molecule has 2 fully saturated rings. The highest BCUT2D eigenvalue weighted by Gasteiger charge is 2.35. The molecule has 0 aromatic heterocycles. The van der Waals surface area contributed by atoms with E-state index in [1.54, 1.807) is 4.90 Å². The van der Waals surface area contributed by atoms with Gasteiger partial charge in [-0.05, 0) is 24.3 Å². The van der Waals surface area contributed by atoms with Crippen molar-refractivity contribution in [1.29, 1.82) is 0 Å². The van der Waals surface area contributed by atoms with Crippen LogP contribution in [0.2, 0.25) is 0 Å². The van der Waals surface area contributed by atoms with E-state index in [1.807, 2.05) is 30.3 Å². The number of carbonyl (C=O) groups is 2. The van der Waals surface area contributed by atoms with Crippen LogP contribution >= 0.6 is 0 Å². The van der Waals surface area contributed by atoms with Crippen molar-refractivity contribution in [1.82, 2.24) is 10.2 Å². The van der Waals surface area contributed by atoms with E-state index in [9.17, 15) is 9.59 Å². The van der Waals surface area contributed by atoms with Crippen LogP contribution in [0.5, 0.6) is 0 Å². The largest absolute Gasteiger partial charge is 0.379 e. The zero-order chi connectivity index (χ0) is 14.7. The molecule has 1 aliphatic carbocycles. The van der Waals surface area contributed by atoms with Crippen molar-refractivity contribution in [2.24, 2.45) is 5.92 Å². The first-order chi connectivity index (χ1) is 10.3. The molecule has 1 atom stereocenters. The van der Waals surface area contributed by atoms with Crippen LogP contribution in [0.25, 0.3) is 0 Å². The number of piperazine rings is 1. The van der Waals surface area contributed by atoms with Gasteiger partial charge in [-0.2, -0.15) is 0 Å². The second-order valence-corrected chi connectivity index (χ2v) is 5.64. The number of nitrogens with one attached hydrogen (secondary N) is 1. The Morgan fingerprint density at radius 2 is 1.95 bits per heavy atom. The number of amides is 2. The summed E-state index contributed by atoms with van der Waals surface area (Å²) >= 11 is 0. The monoisotopic (exact) mass is 288 g/mol. The molecule has 0 radical (unpaired) electrons. The van der Waals surface area contributed by atoms with Crippen LogP contribution in [-0.2, 0) is 14.3 Å². The summed E-state index contributed by atoms with van der Waals surface area (Å²) in [6, 6.07) is 8.86. The lowest BCUT2D eigenvalue weighted by Gasteiger charge is -2.35. The summed E-state index contributed by atoms with van der Waals surface area (Å²) in [7, 11) is 0. The van der Waals surface area contributed by atoms with E-state index in [2.05, 4.69) is 5.32 Å². The molecule has 5 nitrogen and oxygen atoms in total. The fourth-order valence-corrected chi connectivity index (χ4v) is 2.56. The van der Waals surface area contributed by atoms with Crippen LogP contribution in [0.3, 0.4) is 0 Å². The zero-order valence-corrected chi connectivity index (χ0v) is 12.0. The van der Waals surface area contributed by atoms with Crippen molar-refractivity contribution in [3.63, 3.8) is 0 Å². The van der Waals surface area contributed by atoms with E-state index >= 15 is 0 Å². The highest BCUT2D eigenvalue weighted by Crippen LogP contribution is 2.29. The lowest BCUT2D eigenvalue weighted by molar-refractivity contribution is -0.146. The Kier molecular flexibility index (Phi) is 4.20.